The van der Waals surface area contributed by atoms with Crippen LogP contribution in [0.5, 0.6) is 0 Å². The zero-order chi connectivity index (χ0) is 48.2. The Morgan fingerprint density at radius 3 is 1.46 bits per heavy atom. The quantitative estimate of drug-likeness (QED) is 0.0263. The third-order valence-electron chi connectivity index (χ3n) is 12.0. The number of hydrogen-bond acceptors (Lipinski definition) is 10. The van der Waals surface area contributed by atoms with Gasteiger partial charge in [-0.3, -0.25) is 29.0 Å². The van der Waals surface area contributed by atoms with Gasteiger partial charge in [-0.2, -0.15) is 0 Å². The number of amides is 2. The van der Waals surface area contributed by atoms with Crippen molar-refractivity contribution < 1.29 is 38.9 Å². The van der Waals surface area contributed by atoms with E-state index in [0.29, 0.717) is 38.8 Å². The van der Waals surface area contributed by atoms with E-state index in [-0.39, 0.29) is 49.7 Å². The summed E-state index contributed by atoms with van der Waals surface area (Å²) >= 11 is 0. The number of hydrogen-bond donors (Lipinski definition) is 4. The SMILES string of the molecule is CCCCCCCCCCCCCN(C)CC(=O)OC(CCCCC)C(O)CC=CCCCCCCCC(=O)NCCNC(=O)CC=CCC(O)C(CCCCC)OC(=O)CN(C)CC. The van der Waals surface area contributed by atoms with Crippen LogP contribution in [0, 0.1) is 0 Å². The average molecular weight is 921 g/mol. The van der Waals surface area contributed by atoms with Gasteiger partial charge in [0.05, 0.1) is 25.3 Å². The highest BCUT2D eigenvalue weighted by Crippen LogP contribution is 2.17. The minimum absolute atomic E-state index is 0.0181. The number of aliphatic hydroxyl groups is 2. The summed E-state index contributed by atoms with van der Waals surface area (Å²) in [6.07, 6.45) is 33.8. The molecular weight excluding hydrogens is 821 g/mol. The molecule has 65 heavy (non-hydrogen) atoms. The first kappa shape index (κ1) is 62.2. The van der Waals surface area contributed by atoms with Gasteiger partial charge in [-0.05, 0) is 91.4 Å². The van der Waals surface area contributed by atoms with E-state index in [9.17, 15) is 29.4 Å². The molecular formula is C53H100N4O8. The van der Waals surface area contributed by atoms with Crippen LogP contribution in [0.15, 0.2) is 24.3 Å². The zero-order valence-corrected chi connectivity index (χ0v) is 42.6. The predicted octanol–water partition coefficient (Wildman–Crippen LogP) is 10.1. The third kappa shape index (κ3) is 40.0. The number of aliphatic hydroxyl groups excluding tert-OH is 2. The number of likely N-dealkylation sites (N-methyl/N-ethyl adjacent to an activating group) is 2. The Morgan fingerprint density at radius 2 is 0.938 bits per heavy atom. The summed E-state index contributed by atoms with van der Waals surface area (Å²) in [4.78, 5) is 53.6. The van der Waals surface area contributed by atoms with Crippen LogP contribution >= 0.6 is 0 Å². The minimum Gasteiger partial charge on any atom is -0.459 e. The normalized spacial score (nSPS) is 13.7. The highest BCUT2D eigenvalue weighted by atomic mass is 16.6. The number of esters is 2. The van der Waals surface area contributed by atoms with Gasteiger partial charge < -0.3 is 30.3 Å². The summed E-state index contributed by atoms with van der Waals surface area (Å²) in [6.45, 7) is 11.2. The number of nitrogens with zero attached hydrogens (tertiary/aromatic N) is 2. The molecule has 380 valence electrons. The van der Waals surface area contributed by atoms with Gasteiger partial charge in [0.1, 0.15) is 12.2 Å². The predicted molar refractivity (Wildman–Crippen MR) is 268 cm³/mol. The van der Waals surface area contributed by atoms with E-state index in [1.165, 1.54) is 64.2 Å². The number of ether oxygens (including phenoxy) is 2. The lowest BCUT2D eigenvalue weighted by atomic mass is 10.0. The van der Waals surface area contributed by atoms with Crippen LogP contribution in [0.3, 0.4) is 0 Å². The van der Waals surface area contributed by atoms with E-state index in [4.69, 9.17) is 9.47 Å². The largest absolute Gasteiger partial charge is 0.459 e. The molecule has 4 unspecified atom stereocenters. The van der Waals surface area contributed by atoms with Crippen LogP contribution < -0.4 is 10.6 Å². The van der Waals surface area contributed by atoms with Crippen molar-refractivity contribution in [1.29, 1.82) is 0 Å². The van der Waals surface area contributed by atoms with Crippen LogP contribution in [0.1, 0.15) is 214 Å². The number of carbonyl (C=O) groups excluding carboxylic acids is 4. The maximum Gasteiger partial charge on any atom is 0.320 e. The summed E-state index contributed by atoms with van der Waals surface area (Å²) in [7, 11) is 3.83. The van der Waals surface area contributed by atoms with Crippen molar-refractivity contribution in [3.63, 3.8) is 0 Å². The van der Waals surface area contributed by atoms with Gasteiger partial charge in [0.15, 0.2) is 0 Å². The Balaban J connectivity index is 4.18. The van der Waals surface area contributed by atoms with Gasteiger partial charge >= 0.3 is 11.9 Å². The van der Waals surface area contributed by atoms with Crippen molar-refractivity contribution in [3.8, 4) is 0 Å². The van der Waals surface area contributed by atoms with Gasteiger partial charge in [0.2, 0.25) is 11.8 Å². The van der Waals surface area contributed by atoms with Gasteiger partial charge in [0, 0.05) is 25.9 Å². The molecule has 12 heteroatoms. The van der Waals surface area contributed by atoms with Crippen molar-refractivity contribution >= 4 is 23.8 Å². The Bertz CT molecular complexity index is 1220. The fourth-order valence-corrected chi connectivity index (χ4v) is 7.67. The van der Waals surface area contributed by atoms with Gasteiger partial charge in [-0.25, -0.2) is 0 Å². The van der Waals surface area contributed by atoms with E-state index in [2.05, 4.69) is 37.5 Å². The van der Waals surface area contributed by atoms with E-state index in [0.717, 1.165) is 96.6 Å². The topological polar surface area (TPSA) is 158 Å². The minimum atomic E-state index is -0.836. The molecule has 0 aliphatic carbocycles. The molecule has 0 bridgehead atoms. The molecule has 0 spiro atoms. The van der Waals surface area contributed by atoms with Crippen molar-refractivity contribution in [1.82, 2.24) is 20.4 Å². The third-order valence-corrected chi connectivity index (χ3v) is 12.0. The zero-order valence-electron chi connectivity index (χ0n) is 42.6. The van der Waals surface area contributed by atoms with Crippen molar-refractivity contribution in [2.45, 2.75) is 238 Å². The summed E-state index contributed by atoms with van der Waals surface area (Å²) in [6, 6.07) is 0. The molecule has 0 radical (unpaired) electrons. The maximum atomic E-state index is 12.8. The lowest BCUT2D eigenvalue weighted by Crippen LogP contribution is -2.35. The molecule has 0 aromatic carbocycles. The number of allylic oxidation sites excluding steroid dienone is 1. The molecule has 0 heterocycles. The summed E-state index contributed by atoms with van der Waals surface area (Å²) in [5.74, 6) is -0.782. The molecule has 0 aliphatic heterocycles. The highest BCUT2D eigenvalue weighted by Gasteiger charge is 2.24. The van der Waals surface area contributed by atoms with Crippen LogP contribution in [0.2, 0.25) is 0 Å². The lowest BCUT2D eigenvalue weighted by molar-refractivity contribution is -0.157. The number of unbranched alkanes of at least 4 members (excludes halogenated alkanes) is 19. The maximum absolute atomic E-state index is 12.8. The van der Waals surface area contributed by atoms with E-state index >= 15 is 0 Å². The summed E-state index contributed by atoms with van der Waals surface area (Å²) in [5, 5.41) is 27.4. The molecule has 0 aliphatic rings. The van der Waals surface area contributed by atoms with E-state index in [1.807, 2.05) is 36.9 Å². The van der Waals surface area contributed by atoms with Gasteiger partial charge in [-0.1, -0.05) is 161 Å². The van der Waals surface area contributed by atoms with Gasteiger partial charge in [0.25, 0.3) is 0 Å². The molecule has 0 fully saturated rings. The van der Waals surface area contributed by atoms with Crippen LogP contribution in [-0.2, 0) is 28.7 Å². The fraction of sp³-hybridized carbons (Fsp3) is 0.849. The molecule has 0 saturated heterocycles. The number of nitrogens with one attached hydrogen (secondary N) is 2. The summed E-state index contributed by atoms with van der Waals surface area (Å²) < 4.78 is 11.5. The Kier molecular flexibility index (Phi) is 43.1. The first-order valence-corrected chi connectivity index (χ1v) is 26.4. The Morgan fingerprint density at radius 1 is 0.508 bits per heavy atom. The van der Waals surface area contributed by atoms with Crippen LogP contribution in [0.25, 0.3) is 0 Å². The fourth-order valence-electron chi connectivity index (χ4n) is 7.67. The molecule has 0 rings (SSSR count). The second kappa shape index (κ2) is 45.0. The van der Waals surface area contributed by atoms with E-state index in [1.54, 1.807) is 12.2 Å². The average Bonchev–Trinajstić information content (AvgIpc) is 3.28. The monoisotopic (exact) mass is 921 g/mol. The van der Waals surface area contributed by atoms with Gasteiger partial charge in [-0.15, -0.1) is 0 Å². The van der Waals surface area contributed by atoms with E-state index < -0.39 is 24.4 Å². The molecule has 4 atom stereocenters. The van der Waals surface area contributed by atoms with Crippen LogP contribution in [-0.4, -0.2) is 122 Å². The first-order chi connectivity index (χ1) is 31.5. The molecule has 0 saturated carbocycles. The van der Waals surface area contributed by atoms with Crippen molar-refractivity contribution in [2.24, 2.45) is 0 Å². The van der Waals surface area contributed by atoms with Crippen LogP contribution in [0.4, 0.5) is 0 Å². The highest BCUT2D eigenvalue weighted by molar-refractivity contribution is 5.78. The number of carbonyl (C=O) groups is 4. The molecule has 0 aromatic rings. The lowest BCUT2D eigenvalue weighted by Gasteiger charge is -2.24. The standard InChI is InChI=1S/C53H100N4O8/c1-7-11-14-15-16-17-18-21-24-27-34-43-57(6)45-53(63)65-48(37-28-12-8-2)46(58)35-30-25-22-19-20-23-26-31-39-50(60)54-41-42-55-51(61)40-33-32-36-47(59)49(38-29-13-9-3)64-52(62)44-56(5)10-4/h25,30,32-33,46-49,58-59H,7-24,26-29,31,34-45H2,1-6H3,(H,54,60)(H,55,61). The molecule has 4 N–H and O–H groups in total. The smallest absolute Gasteiger partial charge is 0.320 e. The Hall–Kier alpha value is -2.80. The molecule has 2 amide bonds. The second-order valence-electron chi connectivity index (χ2n) is 18.4. The number of rotatable bonds is 46. The second-order valence-corrected chi connectivity index (χ2v) is 18.4. The molecule has 0 aromatic heterocycles. The van der Waals surface area contributed by atoms with Crippen molar-refractivity contribution in [3.05, 3.63) is 24.3 Å². The summed E-state index contributed by atoms with van der Waals surface area (Å²) in [5.41, 5.74) is 0. The first-order valence-electron chi connectivity index (χ1n) is 26.4. The Labute approximate surface area is 397 Å². The van der Waals surface area contributed by atoms with Crippen molar-refractivity contribution in [2.75, 3.05) is 53.4 Å². The molecule has 12 nitrogen and oxygen atoms in total.